The van der Waals surface area contributed by atoms with E-state index < -0.39 is 0 Å². The van der Waals surface area contributed by atoms with Crippen molar-refractivity contribution in [1.82, 2.24) is 0 Å². The van der Waals surface area contributed by atoms with Crippen LogP contribution >= 0.6 is 15.9 Å². The topological polar surface area (TPSA) is 49.7 Å². The molecule has 0 aliphatic carbocycles. The molecule has 2 aromatic carbocycles. The molecule has 2 rings (SSSR count). The summed E-state index contributed by atoms with van der Waals surface area (Å²) in [4.78, 5) is 0. The first-order valence-electron chi connectivity index (χ1n) is 5.84. The Morgan fingerprint density at radius 3 is 2.58 bits per heavy atom. The number of aryl methyl sites for hydroxylation is 1. The van der Waals surface area contributed by atoms with Gasteiger partial charge in [0.15, 0.2) is 0 Å². The van der Waals surface area contributed by atoms with Crippen LogP contribution in [0.2, 0.25) is 0 Å². The summed E-state index contributed by atoms with van der Waals surface area (Å²) in [5.74, 6) is 0.0756. The Morgan fingerprint density at radius 2 is 1.89 bits per heavy atom. The summed E-state index contributed by atoms with van der Waals surface area (Å²) in [7, 11) is 1.62. The summed E-state index contributed by atoms with van der Waals surface area (Å²) in [6, 6.07) is 9.01. The Labute approximate surface area is 120 Å². The predicted octanol–water partition coefficient (Wildman–Crippen LogP) is 3.98. The highest BCUT2D eigenvalue weighted by Gasteiger charge is 2.16. The number of hydrogen-bond acceptors (Lipinski definition) is 3. The first-order valence-corrected chi connectivity index (χ1v) is 6.63. The van der Waals surface area contributed by atoms with Gasteiger partial charge in [0.05, 0.1) is 16.6 Å². The molecular weight excluding hydrogens is 308 g/mol. The van der Waals surface area contributed by atoms with Crippen LogP contribution < -0.4 is 0 Å². The van der Waals surface area contributed by atoms with Crippen molar-refractivity contribution >= 4 is 15.9 Å². The lowest BCUT2D eigenvalue weighted by molar-refractivity contribution is 0.185. The summed E-state index contributed by atoms with van der Waals surface area (Å²) in [6.07, 6.45) is 0. The number of phenols is 2. The Kier molecular flexibility index (Phi) is 4.12. The van der Waals surface area contributed by atoms with Gasteiger partial charge in [-0.25, -0.2) is 0 Å². The molecule has 0 saturated carbocycles. The summed E-state index contributed by atoms with van der Waals surface area (Å²) in [5, 5.41) is 20.2. The van der Waals surface area contributed by atoms with Crippen LogP contribution in [0.3, 0.4) is 0 Å². The summed E-state index contributed by atoms with van der Waals surface area (Å²) in [5.41, 5.74) is 3.16. The van der Waals surface area contributed by atoms with Crippen molar-refractivity contribution in [3.05, 3.63) is 45.9 Å². The van der Waals surface area contributed by atoms with Crippen LogP contribution in [-0.2, 0) is 11.3 Å². The number of hydrogen-bond donors (Lipinski definition) is 2. The molecule has 19 heavy (non-hydrogen) atoms. The number of rotatable bonds is 3. The number of methoxy groups -OCH3 is 1. The molecule has 0 spiro atoms. The van der Waals surface area contributed by atoms with Crippen LogP contribution in [0.5, 0.6) is 11.5 Å². The minimum absolute atomic E-state index is 0.0305. The van der Waals surface area contributed by atoms with Crippen LogP contribution in [-0.4, -0.2) is 17.3 Å². The SMILES string of the molecule is COCc1ccc(C)cc1-c1c(O)ccc(Br)c1O. The molecule has 0 radical (unpaired) electrons. The molecule has 2 N–H and O–H groups in total. The van der Waals surface area contributed by atoms with E-state index in [2.05, 4.69) is 15.9 Å². The van der Waals surface area contributed by atoms with Gasteiger partial charge in [0.1, 0.15) is 11.5 Å². The third-order valence-corrected chi connectivity index (χ3v) is 3.58. The molecule has 0 bridgehead atoms. The second kappa shape index (κ2) is 5.63. The van der Waals surface area contributed by atoms with Crippen molar-refractivity contribution in [3.8, 4) is 22.6 Å². The van der Waals surface area contributed by atoms with Gasteiger partial charge in [0.2, 0.25) is 0 Å². The Bertz CT molecular complexity index is 609. The highest BCUT2D eigenvalue weighted by atomic mass is 79.9. The number of benzene rings is 2. The van der Waals surface area contributed by atoms with Gasteiger partial charge in [-0.1, -0.05) is 23.8 Å². The fourth-order valence-corrected chi connectivity index (χ4v) is 2.36. The van der Waals surface area contributed by atoms with E-state index in [4.69, 9.17) is 4.74 Å². The Hall–Kier alpha value is -1.52. The van der Waals surface area contributed by atoms with Gasteiger partial charge >= 0.3 is 0 Å². The molecule has 0 aliphatic rings. The molecule has 0 amide bonds. The van der Waals surface area contributed by atoms with Crippen molar-refractivity contribution < 1.29 is 14.9 Å². The highest BCUT2D eigenvalue weighted by Crippen LogP contribution is 2.43. The maximum absolute atomic E-state index is 10.2. The lowest BCUT2D eigenvalue weighted by Crippen LogP contribution is -1.94. The summed E-state index contributed by atoms with van der Waals surface area (Å²) >= 11 is 3.27. The quantitative estimate of drug-likeness (QED) is 0.898. The standard InChI is InChI=1S/C15H15BrO3/c1-9-3-4-10(8-19-2)11(7-9)14-13(17)6-5-12(16)15(14)18/h3-7,17-18H,8H2,1-2H3. The van der Waals surface area contributed by atoms with E-state index >= 15 is 0 Å². The van der Waals surface area contributed by atoms with Crippen LogP contribution in [0, 0.1) is 6.92 Å². The van der Waals surface area contributed by atoms with Crippen molar-refractivity contribution in [3.63, 3.8) is 0 Å². The van der Waals surface area contributed by atoms with Crippen molar-refractivity contribution in [1.29, 1.82) is 0 Å². The smallest absolute Gasteiger partial charge is 0.141 e. The highest BCUT2D eigenvalue weighted by molar-refractivity contribution is 9.10. The van der Waals surface area contributed by atoms with Gasteiger partial charge in [-0.2, -0.15) is 0 Å². The molecule has 4 heteroatoms. The van der Waals surface area contributed by atoms with Crippen LogP contribution in [0.4, 0.5) is 0 Å². The zero-order valence-corrected chi connectivity index (χ0v) is 12.4. The molecular formula is C15H15BrO3. The molecule has 100 valence electrons. The minimum Gasteiger partial charge on any atom is -0.507 e. The number of halogens is 1. The molecule has 2 aromatic rings. The lowest BCUT2D eigenvalue weighted by Gasteiger charge is -2.14. The second-order valence-corrected chi connectivity index (χ2v) is 5.24. The second-order valence-electron chi connectivity index (χ2n) is 4.38. The van der Waals surface area contributed by atoms with E-state index in [9.17, 15) is 10.2 Å². The number of ether oxygens (including phenoxy) is 1. The van der Waals surface area contributed by atoms with Gasteiger partial charge in [0, 0.05) is 7.11 Å². The van der Waals surface area contributed by atoms with Crippen molar-refractivity contribution in [2.45, 2.75) is 13.5 Å². The average molecular weight is 323 g/mol. The molecule has 0 saturated heterocycles. The lowest BCUT2D eigenvalue weighted by atomic mass is 9.96. The first-order chi connectivity index (χ1) is 9.04. The molecule has 3 nitrogen and oxygen atoms in total. The van der Waals surface area contributed by atoms with E-state index in [1.54, 1.807) is 19.2 Å². The normalized spacial score (nSPS) is 10.7. The largest absolute Gasteiger partial charge is 0.507 e. The molecule has 0 unspecified atom stereocenters. The molecule has 0 heterocycles. The van der Waals surface area contributed by atoms with Gasteiger partial charge < -0.3 is 14.9 Å². The monoisotopic (exact) mass is 322 g/mol. The summed E-state index contributed by atoms with van der Waals surface area (Å²) < 4.78 is 5.71. The Morgan fingerprint density at radius 1 is 1.16 bits per heavy atom. The molecule has 0 aromatic heterocycles. The fraction of sp³-hybridized carbons (Fsp3) is 0.200. The number of phenolic OH excluding ortho intramolecular Hbond substituents is 2. The molecule has 0 aliphatic heterocycles. The van der Waals surface area contributed by atoms with E-state index in [0.29, 0.717) is 16.6 Å². The predicted molar refractivity (Wildman–Crippen MR) is 78.4 cm³/mol. The van der Waals surface area contributed by atoms with Crippen molar-refractivity contribution in [2.75, 3.05) is 7.11 Å². The molecule has 0 fully saturated rings. The maximum atomic E-state index is 10.2. The fourth-order valence-electron chi connectivity index (χ4n) is 2.03. The first kappa shape index (κ1) is 13.9. The van der Waals surface area contributed by atoms with Gasteiger partial charge in [-0.3, -0.25) is 0 Å². The third-order valence-electron chi connectivity index (χ3n) is 2.94. The van der Waals surface area contributed by atoms with Crippen molar-refractivity contribution in [2.24, 2.45) is 0 Å². The van der Waals surface area contributed by atoms with Gasteiger partial charge in [0.25, 0.3) is 0 Å². The van der Waals surface area contributed by atoms with Gasteiger partial charge in [-0.05, 0) is 46.1 Å². The average Bonchev–Trinajstić information content (AvgIpc) is 2.38. The van der Waals surface area contributed by atoms with Gasteiger partial charge in [-0.15, -0.1) is 0 Å². The summed E-state index contributed by atoms with van der Waals surface area (Å²) in [6.45, 7) is 2.38. The zero-order valence-electron chi connectivity index (χ0n) is 10.8. The number of aromatic hydroxyl groups is 2. The zero-order chi connectivity index (χ0) is 14.0. The van der Waals surface area contributed by atoms with Crippen LogP contribution in [0.1, 0.15) is 11.1 Å². The maximum Gasteiger partial charge on any atom is 0.141 e. The van der Waals surface area contributed by atoms with Crippen LogP contribution in [0.15, 0.2) is 34.8 Å². The van der Waals surface area contributed by atoms with E-state index in [-0.39, 0.29) is 11.5 Å². The van der Waals surface area contributed by atoms with Crippen LogP contribution in [0.25, 0.3) is 11.1 Å². The van der Waals surface area contributed by atoms with E-state index in [1.165, 1.54) is 0 Å². The van der Waals surface area contributed by atoms with E-state index in [1.807, 2.05) is 25.1 Å². The molecule has 0 atom stereocenters. The third kappa shape index (κ3) is 2.74. The van der Waals surface area contributed by atoms with E-state index in [0.717, 1.165) is 16.7 Å². The minimum atomic E-state index is 0.0305. The Balaban J connectivity index is 2.70.